The van der Waals surface area contributed by atoms with E-state index in [0.717, 1.165) is 31.2 Å². The molecule has 2 aromatic rings. The topological polar surface area (TPSA) is 60.5 Å². The van der Waals surface area contributed by atoms with E-state index in [1.807, 2.05) is 0 Å². The van der Waals surface area contributed by atoms with E-state index in [9.17, 15) is 13.6 Å². The fraction of sp³-hybridized carbons (Fsp3) is 0.294. The molecule has 1 N–H and O–H groups in total. The number of ether oxygens (including phenoxy) is 2. The van der Waals surface area contributed by atoms with Gasteiger partial charge in [-0.2, -0.15) is 0 Å². The first-order chi connectivity index (χ1) is 11.6. The number of nitrogens with one attached hydrogen (secondary N) is 1. The van der Waals surface area contributed by atoms with E-state index in [4.69, 9.17) is 9.47 Å². The van der Waals surface area contributed by atoms with Gasteiger partial charge in [0.1, 0.15) is 29.7 Å². The van der Waals surface area contributed by atoms with Crippen molar-refractivity contribution in [3.05, 3.63) is 53.9 Å². The molecule has 0 saturated carbocycles. The molecule has 0 bridgehead atoms. The van der Waals surface area contributed by atoms with E-state index in [0.29, 0.717) is 19.0 Å². The molecule has 0 unspecified atom stereocenters. The zero-order valence-electron chi connectivity index (χ0n) is 12.8. The molecule has 1 atom stereocenters. The van der Waals surface area contributed by atoms with Gasteiger partial charge in [-0.15, -0.1) is 0 Å². The Morgan fingerprint density at radius 1 is 1.29 bits per heavy atom. The molecular formula is C17H16F2N2O3. The van der Waals surface area contributed by atoms with E-state index in [1.54, 1.807) is 0 Å². The van der Waals surface area contributed by atoms with E-state index in [2.05, 4.69) is 10.3 Å². The standard InChI is InChI=1S/C17H16F2N2O3/c18-11-4-6-16(24-10-13-2-1-7-23-13)15(8-11)21-17(22)14-5-3-12(19)9-20-14/h3-6,8-9,13H,1-2,7,10H2,(H,21,22)/t13-/m0/s1. The first kappa shape index (κ1) is 16.3. The van der Waals surface area contributed by atoms with Gasteiger partial charge in [0, 0.05) is 12.7 Å². The number of benzene rings is 1. The maximum atomic E-state index is 13.5. The van der Waals surface area contributed by atoms with Gasteiger partial charge >= 0.3 is 0 Å². The number of pyridine rings is 1. The summed E-state index contributed by atoms with van der Waals surface area (Å²) in [6.07, 6.45) is 2.83. The van der Waals surface area contributed by atoms with Gasteiger partial charge < -0.3 is 14.8 Å². The number of carbonyl (C=O) groups is 1. The second kappa shape index (κ2) is 7.35. The van der Waals surface area contributed by atoms with Crippen LogP contribution in [-0.2, 0) is 4.74 Å². The highest BCUT2D eigenvalue weighted by Gasteiger charge is 2.18. The van der Waals surface area contributed by atoms with Crippen molar-refractivity contribution in [1.82, 2.24) is 4.98 Å². The third-order valence-corrected chi connectivity index (χ3v) is 3.60. The molecule has 1 amide bonds. The van der Waals surface area contributed by atoms with E-state index < -0.39 is 17.5 Å². The number of aromatic nitrogens is 1. The van der Waals surface area contributed by atoms with Crippen LogP contribution in [0.3, 0.4) is 0 Å². The molecule has 3 rings (SSSR count). The second-order valence-corrected chi connectivity index (χ2v) is 5.40. The van der Waals surface area contributed by atoms with Crippen LogP contribution in [0, 0.1) is 11.6 Å². The number of carbonyl (C=O) groups excluding carboxylic acids is 1. The summed E-state index contributed by atoms with van der Waals surface area (Å²) in [7, 11) is 0. The Balaban J connectivity index is 1.72. The summed E-state index contributed by atoms with van der Waals surface area (Å²) in [5.74, 6) is -1.30. The summed E-state index contributed by atoms with van der Waals surface area (Å²) >= 11 is 0. The van der Waals surface area contributed by atoms with Crippen molar-refractivity contribution in [2.24, 2.45) is 0 Å². The molecule has 1 fully saturated rings. The van der Waals surface area contributed by atoms with Crippen molar-refractivity contribution in [2.45, 2.75) is 18.9 Å². The van der Waals surface area contributed by atoms with Crippen molar-refractivity contribution in [3.63, 3.8) is 0 Å². The van der Waals surface area contributed by atoms with Crippen LogP contribution >= 0.6 is 0 Å². The third kappa shape index (κ3) is 4.05. The summed E-state index contributed by atoms with van der Waals surface area (Å²) in [4.78, 5) is 15.8. The lowest BCUT2D eigenvalue weighted by Gasteiger charge is -2.15. The molecule has 1 aliphatic rings. The van der Waals surface area contributed by atoms with Crippen LogP contribution in [0.5, 0.6) is 5.75 Å². The SMILES string of the molecule is O=C(Nc1cc(F)ccc1OC[C@@H]1CCCO1)c1ccc(F)cn1. The van der Waals surface area contributed by atoms with Crippen LogP contribution in [-0.4, -0.2) is 30.2 Å². The zero-order chi connectivity index (χ0) is 16.9. The predicted octanol–water partition coefficient (Wildman–Crippen LogP) is 3.17. The molecule has 1 aromatic heterocycles. The van der Waals surface area contributed by atoms with E-state index >= 15 is 0 Å². The van der Waals surface area contributed by atoms with E-state index in [1.165, 1.54) is 18.2 Å². The maximum Gasteiger partial charge on any atom is 0.274 e. The molecule has 0 spiro atoms. The molecule has 0 radical (unpaired) electrons. The number of amides is 1. The molecule has 5 nitrogen and oxygen atoms in total. The van der Waals surface area contributed by atoms with Gasteiger partial charge in [0.25, 0.3) is 5.91 Å². The summed E-state index contributed by atoms with van der Waals surface area (Å²) in [5, 5.41) is 2.53. The Kier molecular flexibility index (Phi) is 5.00. The lowest BCUT2D eigenvalue weighted by Crippen LogP contribution is -2.18. The molecule has 24 heavy (non-hydrogen) atoms. The summed E-state index contributed by atoms with van der Waals surface area (Å²) < 4.78 is 37.5. The van der Waals surface area contributed by atoms with Gasteiger partial charge in [0.05, 0.1) is 18.0 Å². The third-order valence-electron chi connectivity index (χ3n) is 3.60. The molecule has 1 aliphatic heterocycles. The van der Waals surface area contributed by atoms with Crippen LogP contribution in [0.1, 0.15) is 23.3 Å². The maximum absolute atomic E-state index is 13.5. The van der Waals surface area contributed by atoms with Crippen molar-refractivity contribution >= 4 is 11.6 Å². The van der Waals surface area contributed by atoms with Crippen molar-refractivity contribution in [2.75, 3.05) is 18.5 Å². The van der Waals surface area contributed by atoms with Gasteiger partial charge in [-0.25, -0.2) is 13.8 Å². The van der Waals surface area contributed by atoms with Crippen molar-refractivity contribution in [3.8, 4) is 5.75 Å². The predicted molar refractivity (Wildman–Crippen MR) is 83.0 cm³/mol. The molecule has 0 aliphatic carbocycles. The van der Waals surface area contributed by atoms with Gasteiger partial charge in [-0.1, -0.05) is 0 Å². The second-order valence-electron chi connectivity index (χ2n) is 5.40. The molecule has 126 valence electrons. The minimum absolute atomic E-state index is 0.00244. The number of anilines is 1. The van der Waals surface area contributed by atoms with Gasteiger partial charge in [-0.3, -0.25) is 4.79 Å². The zero-order valence-corrected chi connectivity index (χ0v) is 12.8. The quantitative estimate of drug-likeness (QED) is 0.912. The van der Waals surface area contributed by atoms with Crippen LogP contribution < -0.4 is 10.1 Å². The van der Waals surface area contributed by atoms with Crippen molar-refractivity contribution < 1.29 is 23.0 Å². The largest absolute Gasteiger partial charge is 0.489 e. The molecule has 7 heteroatoms. The lowest BCUT2D eigenvalue weighted by atomic mass is 10.2. The summed E-state index contributed by atoms with van der Waals surface area (Å²) in [5.41, 5.74) is 0.204. The van der Waals surface area contributed by atoms with Crippen molar-refractivity contribution in [1.29, 1.82) is 0 Å². The molecule has 2 heterocycles. The first-order valence-corrected chi connectivity index (χ1v) is 7.58. The normalized spacial score (nSPS) is 16.8. The van der Waals surface area contributed by atoms with Gasteiger partial charge in [-0.05, 0) is 37.1 Å². The monoisotopic (exact) mass is 334 g/mol. The lowest BCUT2D eigenvalue weighted by molar-refractivity contribution is 0.0681. The summed E-state index contributed by atoms with van der Waals surface area (Å²) in [6, 6.07) is 6.22. The molecular weight excluding hydrogens is 318 g/mol. The number of rotatable bonds is 5. The highest BCUT2D eigenvalue weighted by molar-refractivity contribution is 6.03. The first-order valence-electron chi connectivity index (χ1n) is 7.58. The van der Waals surface area contributed by atoms with Crippen LogP contribution in [0.4, 0.5) is 14.5 Å². The van der Waals surface area contributed by atoms with E-state index in [-0.39, 0.29) is 17.5 Å². The highest BCUT2D eigenvalue weighted by Crippen LogP contribution is 2.27. The smallest absolute Gasteiger partial charge is 0.274 e. The Bertz CT molecular complexity index is 716. The Labute approximate surface area is 137 Å². The number of hydrogen-bond donors (Lipinski definition) is 1. The van der Waals surface area contributed by atoms with Crippen LogP contribution in [0.15, 0.2) is 36.5 Å². The van der Waals surface area contributed by atoms with Crippen LogP contribution in [0.2, 0.25) is 0 Å². The number of nitrogens with zero attached hydrogens (tertiary/aromatic N) is 1. The number of hydrogen-bond acceptors (Lipinski definition) is 4. The Morgan fingerprint density at radius 3 is 2.83 bits per heavy atom. The fourth-order valence-corrected chi connectivity index (χ4v) is 2.38. The minimum Gasteiger partial charge on any atom is -0.489 e. The Hall–Kier alpha value is -2.54. The minimum atomic E-state index is -0.581. The highest BCUT2D eigenvalue weighted by atomic mass is 19.1. The average molecular weight is 334 g/mol. The van der Waals surface area contributed by atoms with Crippen LogP contribution in [0.25, 0.3) is 0 Å². The molecule has 1 aromatic carbocycles. The summed E-state index contributed by atoms with van der Waals surface area (Å²) in [6.45, 7) is 1.03. The van der Waals surface area contributed by atoms with Gasteiger partial charge in [0.15, 0.2) is 0 Å². The number of halogens is 2. The fourth-order valence-electron chi connectivity index (χ4n) is 2.38. The van der Waals surface area contributed by atoms with Gasteiger partial charge in [0.2, 0.25) is 0 Å². The Morgan fingerprint density at radius 2 is 2.12 bits per heavy atom. The average Bonchev–Trinajstić information content (AvgIpc) is 3.08. The molecule has 1 saturated heterocycles.